The van der Waals surface area contributed by atoms with Crippen molar-refractivity contribution in [1.29, 1.82) is 0 Å². The third-order valence-corrected chi connectivity index (χ3v) is 4.68. The molecule has 2 aromatic rings. The molecule has 1 aliphatic heterocycles. The molecule has 1 aromatic heterocycles. The van der Waals surface area contributed by atoms with Gasteiger partial charge in [0, 0.05) is 32.0 Å². The van der Waals surface area contributed by atoms with E-state index in [0.29, 0.717) is 31.2 Å². The van der Waals surface area contributed by atoms with Crippen LogP contribution in [0.5, 0.6) is 0 Å². The summed E-state index contributed by atoms with van der Waals surface area (Å²) in [5.41, 5.74) is 0.820. The number of hydrogen-bond acceptors (Lipinski definition) is 5. The number of nitrogens with zero attached hydrogens (tertiary/aromatic N) is 3. The number of hydrogen-bond donors (Lipinski definition) is 2. The number of carbonyl (C=O) groups excluding carboxylic acids is 2. The number of aromatic nitrogens is 2. The van der Waals surface area contributed by atoms with Gasteiger partial charge in [-0.3, -0.25) is 4.79 Å². The van der Waals surface area contributed by atoms with E-state index in [0.717, 1.165) is 18.4 Å². The highest BCUT2D eigenvalue weighted by molar-refractivity contribution is 5.76. The van der Waals surface area contributed by atoms with Crippen LogP contribution in [0.15, 0.2) is 28.8 Å². The minimum absolute atomic E-state index is 0.0537. The van der Waals surface area contributed by atoms with Crippen LogP contribution in [0.25, 0.3) is 0 Å². The summed E-state index contributed by atoms with van der Waals surface area (Å²) in [7, 11) is 0. The molecule has 0 aliphatic carbocycles. The number of likely N-dealkylation sites (tertiary alicyclic amines) is 1. The summed E-state index contributed by atoms with van der Waals surface area (Å²) >= 11 is 0. The maximum Gasteiger partial charge on any atom is 0.318 e. The van der Waals surface area contributed by atoms with E-state index in [2.05, 4.69) is 20.8 Å². The summed E-state index contributed by atoms with van der Waals surface area (Å²) in [6, 6.07) is 5.68. The van der Waals surface area contributed by atoms with Crippen molar-refractivity contribution < 1.29 is 18.5 Å². The SMILES string of the molecule is CC(C)NC(=O)N1CCCC1c1noc(CCC(=O)NCc2ccc(F)cc2)n1. The van der Waals surface area contributed by atoms with Crippen LogP contribution in [-0.4, -0.2) is 39.6 Å². The highest BCUT2D eigenvalue weighted by atomic mass is 19.1. The van der Waals surface area contributed by atoms with Gasteiger partial charge in [0.05, 0.1) is 6.04 Å². The largest absolute Gasteiger partial charge is 0.352 e. The molecular weight excluding hydrogens is 377 g/mol. The van der Waals surface area contributed by atoms with Gasteiger partial charge in [-0.15, -0.1) is 0 Å². The lowest BCUT2D eigenvalue weighted by atomic mass is 10.2. The topological polar surface area (TPSA) is 100 Å². The lowest BCUT2D eigenvalue weighted by Crippen LogP contribution is -2.42. The Morgan fingerprint density at radius 1 is 1.31 bits per heavy atom. The van der Waals surface area contributed by atoms with Crippen molar-refractivity contribution >= 4 is 11.9 Å². The fourth-order valence-corrected chi connectivity index (χ4v) is 3.22. The van der Waals surface area contributed by atoms with Crippen molar-refractivity contribution in [3.05, 3.63) is 47.4 Å². The quantitative estimate of drug-likeness (QED) is 0.740. The van der Waals surface area contributed by atoms with Crippen molar-refractivity contribution in [2.24, 2.45) is 0 Å². The van der Waals surface area contributed by atoms with Gasteiger partial charge in [-0.25, -0.2) is 9.18 Å². The molecule has 9 heteroatoms. The number of halogens is 1. The van der Waals surface area contributed by atoms with E-state index in [1.165, 1.54) is 12.1 Å². The molecule has 156 valence electrons. The van der Waals surface area contributed by atoms with Crippen LogP contribution in [0.3, 0.4) is 0 Å². The lowest BCUT2D eigenvalue weighted by Gasteiger charge is -2.23. The number of carbonyl (C=O) groups is 2. The highest BCUT2D eigenvalue weighted by Gasteiger charge is 2.33. The summed E-state index contributed by atoms with van der Waals surface area (Å²) in [4.78, 5) is 30.5. The number of urea groups is 1. The van der Waals surface area contributed by atoms with Crippen molar-refractivity contribution in [2.45, 2.75) is 58.2 Å². The van der Waals surface area contributed by atoms with E-state index in [-0.39, 0.29) is 36.3 Å². The highest BCUT2D eigenvalue weighted by Crippen LogP contribution is 2.30. The minimum atomic E-state index is -0.310. The van der Waals surface area contributed by atoms with Crippen LogP contribution >= 0.6 is 0 Å². The predicted octanol–water partition coefficient (Wildman–Crippen LogP) is 2.71. The third-order valence-electron chi connectivity index (χ3n) is 4.68. The zero-order chi connectivity index (χ0) is 20.8. The van der Waals surface area contributed by atoms with E-state index in [1.807, 2.05) is 13.8 Å². The van der Waals surface area contributed by atoms with Gasteiger partial charge in [0.2, 0.25) is 11.8 Å². The average molecular weight is 403 g/mol. The van der Waals surface area contributed by atoms with Crippen molar-refractivity contribution in [1.82, 2.24) is 25.7 Å². The smallest absolute Gasteiger partial charge is 0.318 e. The number of rotatable bonds is 7. The van der Waals surface area contributed by atoms with E-state index in [1.54, 1.807) is 17.0 Å². The minimum Gasteiger partial charge on any atom is -0.352 e. The van der Waals surface area contributed by atoms with Crippen molar-refractivity contribution in [3.63, 3.8) is 0 Å². The third kappa shape index (κ3) is 5.75. The average Bonchev–Trinajstić information content (AvgIpc) is 3.34. The molecule has 1 fully saturated rings. The molecule has 1 saturated heterocycles. The number of amides is 3. The molecule has 0 radical (unpaired) electrons. The normalized spacial score (nSPS) is 16.3. The Kier molecular flexibility index (Phi) is 6.79. The van der Waals surface area contributed by atoms with E-state index >= 15 is 0 Å². The number of nitrogens with one attached hydrogen (secondary N) is 2. The number of benzene rings is 1. The Hall–Kier alpha value is -2.97. The monoisotopic (exact) mass is 403 g/mol. The zero-order valence-corrected chi connectivity index (χ0v) is 16.7. The van der Waals surface area contributed by atoms with Crippen LogP contribution in [0, 0.1) is 5.82 Å². The molecule has 3 amide bonds. The summed E-state index contributed by atoms with van der Waals surface area (Å²) in [5, 5.41) is 9.68. The van der Waals surface area contributed by atoms with Gasteiger partial charge < -0.3 is 20.1 Å². The van der Waals surface area contributed by atoms with Crippen LogP contribution in [0.1, 0.15) is 56.4 Å². The van der Waals surface area contributed by atoms with E-state index in [9.17, 15) is 14.0 Å². The first-order chi connectivity index (χ1) is 13.9. The summed E-state index contributed by atoms with van der Waals surface area (Å²) in [5.74, 6) is 0.374. The fourth-order valence-electron chi connectivity index (χ4n) is 3.22. The second-order valence-electron chi connectivity index (χ2n) is 7.41. The van der Waals surface area contributed by atoms with Gasteiger partial charge in [0.25, 0.3) is 0 Å². The Bertz CT molecular complexity index is 837. The molecule has 2 heterocycles. The summed E-state index contributed by atoms with van der Waals surface area (Å²) in [6.45, 7) is 4.81. The molecule has 3 rings (SSSR count). The van der Waals surface area contributed by atoms with Crippen LogP contribution < -0.4 is 10.6 Å². The van der Waals surface area contributed by atoms with E-state index in [4.69, 9.17) is 4.52 Å². The van der Waals surface area contributed by atoms with Crippen LogP contribution in [0.2, 0.25) is 0 Å². The maximum absolute atomic E-state index is 12.9. The van der Waals surface area contributed by atoms with Gasteiger partial charge in [-0.1, -0.05) is 17.3 Å². The zero-order valence-electron chi connectivity index (χ0n) is 16.7. The molecule has 0 saturated carbocycles. The van der Waals surface area contributed by atoms with E-state index < -0.39 is 0 Å². The Balaban J connectivity index is 1.49. The molecule has 1 aromatic carbocycles. The standard InChI is InChI=1S/C20H26FN5O3/c1-13(2)23-20(28)26-11-3-4-16(26)19-24-18(29-25-19)10-9-17(27)22-12-14-5-7-15(21)8-6-14/h5-8,13,16H,3-4,9-12H2,1-2H3,(H,22,27)(H,23,28). The lowest BCUT2D eigenvalue weighted by molar-refractivity contribution is -0.121. The molecule has 0 bridgehead atoms. The Morgan fingerprint density at radius 3 is 2.79 bits per heavy atom. The second kappa shape index (κ2) is 9.49. The molecule has 0 spiro atoms. The first-order valence-electron chi connectivity index (χ1n) is 9.83. The van der Waals surface area contributed by atoms with Crippen LogP contribution in [0.4, 0.5) is 9.18 Å². The van der Waals surface area contributed by atoms with Crippen LogP contribution in [-0.2, 0) is 17.8 Å². The molecule has 8 nitrogen and oxygen atoms in total. The summed E-state index contributed by atoms with van der Waals surface area (Å²) < 4.78 is 18.2. The molecular formula is C20H26FN5O3. The molecule has 2 N–H and O–H groups in total. The number of aryl methyl sites for hydroxylation is 1. The van der Waals surface area contributed by atoms with Gasteiger partial charge >= 0.3 is 6.03 Å². The summed E-state index contributed by atoms with van der Waals surface area (Å²) in [6.07, 6.45) is 2.17. The Labute approximate surface area is 168 Å². The van der Waals surface area contributed by atoms with Gasteiger partial charge in [-0.2, -0.15) is 4.98 Å². The van der Waals surface area contributed by atoms with Crippen molar-refractivity contribution in [2.75, 3.05) is 6.54 Å². The van der Waals surface area contributed by atoms with Gasteiger partial charge in [0.15, 0.2) is 5.82 Å². The maximum atomic E-state index is 12.9. The molecule has 1 aliphatic rings. The molecule has 1 atom stereocenters. The predicted molar refractivity (Wildman–Crippen MR) is 103 cm³/mol. The first-order valence-corrected chi connectivity index (χ1v) is 9.83. The van der Waals surface area contributed by atoms with Gasteiger partial charge in [-0.05, 0) is 44.4 Å². The Morgan fingerprint density at radius 2 is 2.07 bits per heavy atom. The van der Waals surface area contributed by atoms with Gasteiger partial charge in [0.1, 0.15) is 5.82 Å². The molecule has 1 unspecified atom stereocenters. The molecule has 29 heavy (non-hydrogen) atoms. The fraction of sp³-hybridized carbons (Fsp3) is 0.500. The first kappa shape index (κ1) is 20.8. The van der Waals surface area contributed by atoms with Crippen molar-refractivity contribution in [3.8, 4) is 0 Å². The second-order valence-corrected chi connectivity index (χ2v) is 7.41.